The van der Waals surface area contributed by atoms with E-state index in [1.165, 1.54) is 0 Å². The summed E-state index contributed by atoms with van der Waals surface area (Å²) in [5, 5.41) is 4.13. The molecule has 2 aromatic rings. The van der Waals surface area contributed by atoms with E-state index < -0.39 is 0 Å². The average Bonchev–Trinajstić information content (AvgIpc) is 2.42. The lowest BCUT2D eigenvalue weighted by Crippen LogP contribution is -2.15. The first-order valence-corrected chi connectivity index (χ1v) is 7.51. The molecule has 20 heavy (non-hydrogen) atoms. The standard InChI is InChI=1S/C15H12BrCl2NO/c1-9-13(7-6-12(16)15(9)18)19-14(20)8-10-2-4-11(17)5-3-10/h2-7H,8H2,1H3,(H,19,20). The van der Waals surface area contributed by atoms with Crippen molar-refractivity contribution in [1.82, 2.24) is 0 Å². The van der Waals surface area contributed by atoms with Gasteiger partial charge in [0.15, 0.2) is 0 Å². The molecule has 104 valence electrons. The van der Waals surface area contributed by atoms with E-state index in [0.717, 1.165) is 21.3 Å². The molecular weight excluding hydrogens is 361 g/mol. The molecule has 0 saturated carbocycles. The first-order valence-electron chi connectivity index (χ1n) is 5.96. The van der Waals surface area contributed by atoms with Gasteiger partial charge in [0.25, 0.3) is 0 Å². The number of carbonyl (C=O) groups excluding carboxylic acids is 1. The zero-order chi connectivity index (χ0) is 14.7. The van der Waals surface area contributed by atoms with E-state index in [0.29, 0.717) is 16.5 Å². The Hall–Kier alpha value is -1.03. The number of nitrogens with one attached hydrogen (secondary N) is 1. The molecule has 2 rings (SSSR count). The van der Waals surface area contributed by atoms with Gasteiger partial charge in [-0.2, -0.15) is 0 Å². The van der Waals surface area contributed by atoms with Crippen LogP contribution in [-0.4, -0.2) is 5.91 Å². The predicted octanol–water partition coefficient (Wildman–Crippen LogP) is 5.25. The largest absolute Gasteiger partial charge is 0.326 e. The molecule has 0 aromatic heterocycles. The second-order valence-corrected chi connectivity index (χ2v) is 6.05. The van der Waals surface area contributed by atoms with Crippen molar-refractivity contribution in [2.24, 2.45) is 0 Å². The molecule has 0 aliphatic heterocycles. The third-order valence-corrected chi connectivity index (χ3v) is 4.52. The number of anilines is 1. The second-order valence-electron chi connectivity index (χ2n) is 4.39. The van der Waals surface area contributed by atoms with Crippen LogP contribution < -0.4 is 5.32 Å². The van der Waals surface area contributed by atoms with Crippen LogP contribution in [0.5, 0.6) is 0 Å². The van der Waals surface area contributed by atoms with Gasteiger partial charge in [0.1, 0.15) is 0 Å². The Morgan fingerprint density at radius 2 is 1.80 bits per heavy atom. The minimum atomic E-state index is -0.0891. The van der Waals surface area contributed by atoms with Gasteiger partial charge in [-0.1, -0.05) is 35.3 Å². The summed E-state index contributed by atoms with van der Waals surface area (Å²) < 4.78 is 0.812. The molecule has 0 atom stereocenters. The molecule has 0 spiro atoms. The van der Waals surface area contributed by atoms with Crippen molar-refractivity contribution in [2.45, 2.75) is 13.3 Å². The van der Waals surface area contributed by atoms with Gasteiger partial charge in [0.05, 0.1) is 11.4 Å². The zero-order valence-corrected chi connectivity index (χ0v) is 13.8. The van der Waals surface area contributed by atoms with Crippen molar-refractivity contribution in [3.05, 3.63) is 62.0 Å². The van der Waals surface area contributed by atoms with Crippen LogP contribution >= 0.6 is 39.1 Å². The summed E-state index contributed by atoms with van der Waals surface area (Å²) in [5.41, 5.74) is 2.47. The summed E-state index contributed by atoms with van der Waals surface area (Å²) in [6.45, 7) is 1.87. The highest BCUT2D eigenvalue weighted by Crippen LogP contribution is 2.31. The van der Waals surface area contributed by atoms with Crippen molar-refractivity contribution < 1.29 is 4.79 Å². The molecule has 0 fully saturated rings. The van der Waals surface area contributed by atoms with Crippen molar-refractivity contribution in [3.8, 4) is 0 Å². The molecule has 2 aromatic carbocycles. The molecule has 1 amide bonds. The van der Waals surface area contributed by atoms with Gasteiger partial charge < -0.3 is 5.32 Å². The van der Waals surface area contributed by atoms with E-state index in [-0.39, 0.29) is 5.91 Å². The Bertz CT molecular complexity index is 641. The molecule has 0 bridgehead atoms. The monoisotopic (exact) mass is 371 g/mol. The van der Waals surface area contributed by atoms with Crippen LogP contribution in [0.1, 0.15) is 11.1 Å². The van der Waals surface area contributed by atoms with Gasteiger partial charge in [-0.3, -0.25) is 4.79 Å². The van der Waals surface area contributed by atoms with Crippen LogP contribution in [0.2, 0.25) is 10.0 Å². The van der Waals surface area contributed by atoms with Gasteiger partial charge in [-0.15, -0.1) is 0 Å². The van der Waals surface area contributed by atoms with E-state index in [9.17, 15) is 4.79 Å². The van der Waals surface area contributed by atoms with Crippen LogP contribution in [0.4, 0.5) is 5.69 Å². The Morgan fingerprint density at radius 1 is 1.15 bits per heavy atom. The average molecular weight is 373 g/mol. The molecule has 0 radical (unpaired) electrons. The van der Waals surface area contributed by atoms with Crippen molar-refractivity contribution in [1.29, 1.82) is 0 Å². The Labute approximate surface area is 136 Å². The van der Waals surface area contributed by atoms with Gasteiger partial charge >= 0.3 is 0 Å². The number of rotatable bonds is 3. The predicted molar refractivity (Wildman–Crippen MR) is 87.7 cm³/mol. The second kappa shape index (κ2) is 6.61. The van der Waals surface area contributed by atoms with Crippen LogP contribution in [-0.2, 0) is 11.2 Å². The van der Waals surface area contributed by atoms with Crippen molar-refractivity contribution >= 4 is 50.7 Å². The number of hydrogen-bond acceptors (Lipinski definition) is 1. The summed E-state index contributed by atoms with van der Waals surface area (Å²) in [7, 11) is 0. The van der Waals surface area contributed by atoms with Crippen LogP contribution in [0.25, 0.3) is 0 Å². The summed E-state index contributed by atoms with van der Waals surface area (Å²) in [4.78, 5) is 12.0. The Morgan fingerprint density at radius 3 is 2.45 bits per heavy atom. The lowest BCUT2D eigenvalue weighted by Gasteiger charge is -2.11. The van der Waals surface area contributed by atoms with Crippen LogP contribution in [0.15, 0.2) is 40.9 Å². The first kappa shape index (κ1) is 15.4. The highest BCUT2D eigenvalue weighted by Gasteiger charge is 2.10. The van der Waals surface area contributed by atoms with E-state index >= 15 is 0 Å². The number of hydrogen-bond donors (Lipinski definition) is 1. The normalized spacial score (nSPS) is 10.4. The lowest BCUT2D eigenvalue weighted by molar-refractivity contribution is -0.115. The summed E-state index contributed by atoms with van der Waals surface area (Å²) in [6.07, 6.45) is 0.296. The molecule has 1 N–H and O–H groups in total. The summed E-state index contributed by atoms with van der Waals surface area (Å²) in [6, 6.07) is 10.8. The van der Waals surface area contributed by atoms with Gasteiger partial charge in [-0.25, -0.2) is 0 Å². The van der Waals surface area contributed by atoms with E-state index in [4.69, 9.17) is 23.2 Å². The maximum absolute atomic E-state index is 12.0. The van der Waals surface area contributed by atoms with Gasteiger partial charge in [0, 0.05) is 15.2 Å². The highest BCUT2D eigenvalue weighted by molar-refractivity contribution is 9.10. The molecule has 2 nitrogen and oxygen atoms in total. The maximum atomic E-state index is 12.0. The van der Waals surface area contributed by atoms with Crippen molar-refractivity contribution in [2.75, 3.05) is 5.32 Å². The Balaban J connectivity index is 2.08. The quantitative estimate of drug-likeness (QED) is 0.783. The molecule has 0 unspecified atom stereocenters. The number of halogens is 3. The summed E-state index contributed by atoms with van der Waals surface area (Å²) >= 11 is 15.3. The SMILES string of the molecule is Cc1c(NC(=O)Cc2ccc(Cl)cc2)ccc(Br)c1Cl. The van der Waals surface area contributed by atoms with E-state index in [1.54, 1.807) is 12.1 Å². The highest BCUT2D eigenvalue weighted by atomic mass is 79.9. The molecule has 0 heterocycles. The number of amides is 1. The summed E-state index contributed by atoms with van der Waals surface area (Å²) in [5.74, 6) is -0.0891. The molecule has 5 heteroatoms. The topological polar surface area (TPSA) is 29.1 Å². The molecule has 0 aliphatic rings. The number of benzene rings is 2. The third kappa shape index (κ3) is 3.75. The van der Waals surface area contributed by atoms with Crippen LogP contribution in [0, 0.1) is 6.92 Å². The van der Waals surface area contributed by atoms with Crippen LogP contribution in [0.3, 0.4) is 0 Å². The smallest absolute Gasteiger partial charge is 0.228 e. The fraction of sp³-hybridized carbons (Fsp3) is 0.133. The molecule has 0 aliphatic carbocycles. The third-order valence-electron chi connectivity index (χ3n) is 2.89. The molecule has 0 saturated heterocycles. The Kier molecular flexibility index (Phi) is 5.08. The van der Waals surface area contributed by atoms with Crippen molar-refractivity contribution in [3.63, 3.8) is 0 Å². The minimum absolute atomic E-state index is 0.0891. The zero-order valence-electron chi connectivity index (χ0n) is 10.7. The first-order chi connectivity index (χ1) is 9.47. The fourth-order valence-electron chi connectivity index (χ4n) is 1.77. The molecular formula is C15H12BrCl2NO. The maximum Gasteiger partial charge on any atom is 0.228 e. The lowest BCUT2D eigenvalue weighted by atomic mass is 10.1. The fourth-order valence-corrected chi connectivity index (χ4v) is 2.49. The van der Waals surface area contributed by atoms with E-state index in [2.05, 4.69) is 21.2 Å². The van der Waals surface area contributed by atoms with E-state index in [1.807, 2.05) is 31.2 Å². The van der Waals surface area contributed by atoms with Gasteiger partial charge in [0.2, 0.25) is 5.91 Å². The number of carbonyl (C=O) groups is 1. The minimum Gasteiger partial charge on any atom is -0.326 e. The van der Waals surface area contributed by atoms with Gasteiger partial charge in [-0.05, 0) is 58.2 Å².